The first-order valence-corrected chi connectivity index (χ1v) is 9.50. The third-order valence-electron chi connectivity index (χ3n) is 4.02. The van der Waals surface area contributed by atoms with Crippen LogP contribution in [-0.2, 0) is 21.1 Å². The molecule has 0 aromatic heterocycles. The second kappa shape index (κ2) is 6.61. The average Bonchev–Trinajstić information content (AvgIpc) is 2.90. The van der Waals surface area contributed by atoms with Gasteiger partial charge in [0.25, 0.3) is 0 Å². The van der Waals surface area contributed by atoms with E-state index >= 15 is 0 Å². The topological polar surface area (TPSA) is 54.5 Å². The van der Waals surface area contributed by atoms with Crippen LogP contribution in [0, 0.1) is 6.92 Å². The highest BCUT2D eigenvalue weighted by Gasteiger charge is 2.31. The molecule has 0 saturated carbocycles. The lowest BCUT2D eigenvalue weighted by Gasteiger charge is -2.28. The van der Waals surface area contributed by atoms with Gasteiger partial charge >= 0.3 is 0 Å². The van der Waals surface area contributed by atoms with Crippen molar-refractivity contribution in [2.45, 2.75) is 19.4 Å². The highest BCUT2D eigenvalue weighted by Crippen LogP contribution is 2.24. The SMILES string of the molecule is Cc1ccc(N(C(=O)Cc2ccccc2)C2C=CS(=O)(=O)C2)cc1. The van der Waals surface area contributed by atoms with Gasteiger partial charge in [-0.3, -0.25) is 4.79 Å². The molecule has 1 amide bonds. The quantitative estimate of drug-likeness (QED) is 0.859. The van der Waals surface area contributed by atoms with E-state index in [1.807, 2.05) is 61.5 Å². The third kappa shape index (κ3) is 3.74. The van der Waals surface area contributed by atoms with E-state index in [4.69, 9.17) is 0 Å². The Kier molecular flexibility index (Phi) is 4.53. The number of nitrogens with zero attached hydrogens (tertiary/aromatic N) is 1. The largest absolute Gasteiger partial charge is 0.304 e. The van der Waals surface area contributed by atoms with Crippen molar-refractivity contribution in [2.24, 2.45) is 0 Å². The molecule has 4 nitrogen and oxygen atoms in total. The van der Waals surface area contributed by atoms with Gasteiger partial charge < -0.3 is 4.90 Å². The Labute approximate surface area is 142 Å². The second-order valence-corrected chi connectivity index (χ2v) is 7.92. The minimum Gasteiger partial charge on any atom is -0.304 e. The predicted octanol–water partition coefficient (Wildman–Crippen LogP) is 2.88. The van der Waals surface area contributed by atoms with Crippen molar-refractivity contribution in [3.05, 3.63) is 77.2 Å². The number of benzene rings is 2. The van der Waals surface area contributed by atoms with Gasteiger partial charge in [0.15, 0.2) is 9.84 Å². The molecule has 0 fully saturated rings. The molecule has 0 N–H and O–H groups in total. The molecular weight excluding hydrogens is 322 g/mol. The first-order valence-electron chi connectivity index (χ1n) is 7.78. The molecule has 1 atom stereocenters. The third-order valence-corrected chi connectivity index (χ3v) is 5.40. The van der Waals surface area contributed by atoms with Crippen molar-refractivity contribution in [3.63, 3.8) is 0 Å². The number of amides is 1. The van der Waals surface area contributed by atoms with E-state index in [0.717, 1.165) is 11.1 Å². The van der Waals surface area contributed by atoms with E-state index in [1.165, 1.54) is 5.41 Å². The average molecular weight is 341 g/mol. The Bertz CT molecular complexity index is 855. The standard InChI is InChI=1S/C19H19NO3S/c1-15-7-9-17(10-8-15)20(18-11-12-24(22,23)14-18)19(21)13-16-5-3-2-4-6-16/h2-12,18H,13-14H2,1H3. The van der Waals surface area contributed by atoms with Crippen molar-refractivity contribution in [1.29, 1.82) is 0 Å². The Morgan fingerprint density at radius 1 is 1.08 bits per heavy atom. The van der Waals surface area contributed by atoms with Crippen LogP contribution in [0.5, 0.6) is 0 Å². The molecule has 1 aliphatic rings. The van der Waals surface area contributed by atoms with Crippen LogP contribution in [-0.4, -0.2) is 26.1 Å². The van der Waals surface area contributed by atoms with Crippen LogP contribution in [0.4, 0.5) is 5.69 Å². The molecule has 1 unspecified atom stereocenters. The number of anilines is 1. The minimum absolute atomic E-state index is 0.0680. The van der Waals surface area contributed by atoms with Gasteiger partial charge in [-0.25, -0.2) is 8.42 Å². The maximum atomic E-state index is 12.9. The highest BCUT2D eigenvalue weighted by atomic mass is 32.2. The number of carbonyl (C=O) groups is 1. The summed E-state index contributed by atoms with van der Waals surface area (Å²) in [6.45, 7) is 1.97. The van der Waals surface area contributed by atoms with Gasteiger partial charge in [-0.2, -0.15) is 0 Å². The number of carbonyl (C=O) groups excluding carboxylic acids is 1. The molecule has 5 heteroatoms. The summed E-state index contributed by atoms with van der Waals surface area (Å²) < 4.78 is 23.6. The van der Waals surface area contributed by atoms with Gasteiger partial charge in [0.2, 0.25) is 5.91 Å². The van der Waals surface area contributed by atoms with Gasteiger partial charge in [0.05, 0.1) is 18.2 Å². The Balaban J connectivity index is 1.91. The summed E-state index contributed by atoms with van der Waals surface area (Å²) in [4.78, 5) is 14.5. The summed E-state index contributed by atoms with van der Waals surface area (Å²) in [6, 6.07) is 16.6. The molecule has 2 aromatic carbocycles. The van der Waals surface area contributed by atoms with E-state index in [-0.39, 0.29) is 18.1 Å². The normalized spacial score (nSPS) is 18.5. The zero-order valence-corrected chi connectivity index (χ0v) is 14.2. The van der Waals surface area contributed by atoms with Crippen molar-refractivity contribution < 1.29 is 13.2 Å². The first-order chi connectivity index (χ1) is 11.4. The van der Waals surface area contributed by atoms with Crippen LogP contribution >= 0.6 is 0 Å². The molecule has 0 radical (unpaired) electrons. The van der Waals surface area contributed by atoms with Crippen molar-refractivity contribution in [1.82, 2.24) is 0 Å². The van der Waals surface area contributed by atoms with Crippen LogP contribution in [0.1, 0.15) is 11.1 Å². The summed E-state index contributed by atoms with van der Waals surface area (Å²) in [6.07, 6.45) is 1.83. The summed E-state index contributed by atoms with van der Waals surface area (Å²) in [5, 5.41) is 1.20. The predicted molar refractivity (Wildman–Crippen MR) is 95.5 cm³/mol. The molecule has 0 aliphatic carbocycles. The summed E-state index contributed by atoms with van der Waals surface area (Å²) >= 11 is 0. The lowest BCUT2D eigenvalue weighted by atomic mass is 10.1. The van der Waals surface area contributed by atoms with Crippen molar-refractivity contribution in [3.8, 4) is 0 Å². The van der Waals surface area contributed by atoms with E-state index in [1.54, 1.807) is 11.0 Å². The molecule has 0 bridgehead atoms. The lowest BCUT2D eigenvalue weighted by Crippen LogP contribution is -2.42. The van der Waals surface area contributed by atoms with Crippen LogP contribution in [0.2, 0.25) is 0 Å². The fourth-order valence-corrected chi connectivity index (χ4v) is 4.07. The maximum absolute atomic E-state index is 12.9. The van der Waals surface area contributed by atoms with Crippen LogP contribution < -0.4 is 4.90 Å². The van der Waals surface area contributed by atoms with E-state index < -0.39 is 15.9 Å². The molecule has 1 heterocycles. The zero-order chi connectivity index (χ0) is 17.2. The van der Waals surface area contributed by atoms with E-state index in [2.05, 4.69) is 0 Å². The van der Waals surface area contributed by atoms with Gasteiger partial charge in [-0.05, 0) is 30.7 Å². The smallest absolute Gasteiger partial charge is 0.231 e. The number of rotatable bonds is 4. The van der Waals surface area contributed by atoms with E-state index in [0.29, 0.717) is 5.69 Å². The summed E-state index contributed by atoms with van der Waals surface area (Å²) in [5.41, 5.74) is 2.71. The number of aryl methyl sites for hydroxylation is 1. The van der Waals surface area contributed by atoms with Crippen molar-refractivity contribution in [2.75, 3.05) is 10.7 Å². The van der Waals surface area contributed by atoms with Gasteiger partial charge in [-0.1, -0.05) is 48.0 Å². The monoisotopic (exact) mass is 341 g/mol. The van der Waals surface area contributed by atoms with Crippen LogP contribution in [0.15, 0.2) is 66.1 Å². The number of hydrogen-bond donors (Lipinski definition) is 0. The molecule has 24 heavy (non-hydrogen) atoms. The summed E-state index contributed by atoms with van der Waals surface area (Å²) in [5.74, 6) is -0.182. The molecular formula is C19H19NO3S. The van der Waals surface area contributed by atoms with Gasteiger partial charge in [0.1, 0.15) is 0 Å². The maximum Gasteiger partial charge on any atom is 0.231 e. The zero-order valence-electron chi connectivity index (χ0n) is 13.4. The fourth-order valence-electron chi connectivity index (χ4n) is 2.80. The molecule has 124 valence electrons. The van der Waals surface area contributed by atoms with Crippen molar-refractivity contribution >= 4 is 21.4 Å². The molecule has 3 rings (SSSR count). The Hall–Kier alpha value is -2.40. The Morgan fingerprint density at radius 3 is 2.33 bits per heavy atom. The van der Waals surface area contributed by atoms with E-state index in [9.17, 15) is 13.2 Å². The number of hydrogen-bond acceptors (Lipinski definition) is 3. The lowest BCUT2D eigenvalue weighted by molar-refractivity contribution is -0.118. The fraction of sp³-hybridized carbons (Fsp3) is 0.211. The van der Waals surface area contributed by atoms with Crippen LogP contribution in [0.3, 0.4) is 0 Å². The minimum atomic E-state index is -3.24. The molecule has 2 aromatic rings. The van der Waals surface area contributed by atoms with Gasteiger partial charge in [-0.15, -0.1) is 0 Å². The molecule has 0 spiro atoms. The first kappa shape index (κ1) is 16.5. The van der Waals surface area contributed by atoms with Gasteiger partial charge in [0, 0.05) is 11.1 Å². The highest BCUT2D eigenvalue weighted by molar-refractivity contribution is 7.94. The Morgan fingerprint density at radius 2 is 1.75 bits per heavy atom. The summed E-state index contributed by atoms with van der Waals surface area (Å²) in [7, 11) is -3.24. The molecule has 0 saturated heterocycles. The van der Waals surface area contributed by atoms with Crippen LogP contribution in [0.25, 0.3) is 0 Å². The number of sulfone groups is 1. The second-order valence-electron chi connectivity index (χ2n) is 5.99. The molecule has 1 aliphatic heterocycles.